The fourth-order valence-electron chi connectivity index (χ4n) is 2.15. The number of hydrogen-bond acceptors (Lipinski definition) is 4. The Hall–Kier alpha value is -3.54. The summed E-state index contributed by atoms with van der Waals surface area (Å²) < 4.78 is 10.3. The van der Waals surface area contributed by atoms with E-state index in [-0.39, 0.29) is 24.7 Å². The highest BCUT2D eigenvalue weighted by Crippen LogP contribution is 2.10. The van der Waals surface area contributed by atoms with Crippen molar-refractivity contribution in [2.24, 2.45) is 0 Å². The van der Waals surface area contributed by atoms with Crippen LogP contribution in [0.1, 0.15) is 31.9 Å². The molecule has 0 fully saturated rings. The number of rotatable bonds is 8. The van der Waals surface area contributed by atoms with Crippen LogP contribution in [0, 0.1) is 0 Å². The van der Waals surface area contributed by atoms with Crippen LogP contribution in [-0.4, -0.2) is 22.2 Å². The van der Waals surface area contributed by atoms with Crippen LogP contribution in [0.15, 0.2) is 83.8 Å². The number of benzene rings is 2. The molecular formula is C23H26O6. The lowest BCUT2D eigenvalue weighted by Crippen LogP contribution is -2.06. The molecule has 0 atom stereocenters. The SMILES string of the molecule is C/C=C(\OCc1ccccc1)C(=O)O.CC(C)=C(OCc1ccccc1)C(=O)O. The zero-order valence-electron chi connectivity index (χ0n) is 16.8. The lowest BCUT2D eigenvalue weighted by atomic mass is 10.2. The van der Waals surface area contributed by atoms with Gasteiger partial charge in [0.2, 0.25) is 5.76 Å². The van der Waals surface area contributed by atoms with Gasteiger partial charge in [0.15, 0.2) is 5.76 Å². The molecule has 0 saturated carbocycles. The van der Waals surface area contributed by atoms with E-state index < -0.39 is 11.9 Å². The van der Waals surface area contributed by atoms with E-state index in [0.29, 0.717) is 5.57 Å². The molecule has 0 aliphatic rings. The monoisotopic (exact) mass is 398 g/mol. The third-order valence-electron chi connectivity index (χ3n) is 3.58. The molecule has 2 N–H and O–H groups in total. The molecule has 154 valence electrons. The molecule has 6 nitrogen and oxygen atoms in total. The maximum atomic E-state index is 10.8. The van der Waals surface area contributed by atoms with Crippen molar-refractivity contribution in [3.05, 3.63) is 95.0 Å². The summed E-state index contributed by atoms with van der Waals surface area (Å²) in [7, 11) is 0. The van der Waals surface area contributed by atoms with E-state index in [1.165, 1.54) is 6.08 Å². The van der Waals surface area contributed by atoms with Crippen LogP contribution >= 0.6 is 0 Å². The Balaban J connectivity index is 0.000000291. The average Bonchev–Trinajstić information content (AvgIpc) is 2.70. The molecule has 0 amide bonds. The second kappa shape index (κ2) is 12.8. The number of aliphatic carboxylic acids is 2. The first-order valence-corrected chi connectivity index (χ1v) is 8.99. The first kappa shape index (κ1) is 23.5. The van der Waals surface area contributed by atoms with Crippen LogP contribution in [0.5, 0.6) is 0 Å². The van der Waals surface area contributed by atoms with Gasteiger partial charge < -0.3 is 19.7 Å². The van der Waals surface area contributed by atoms with Crippen LogP contribution in [0.25, 0.3) is 0 Å². The second-order valence-electron chi connectivity index (χ2n) is 6.14. The number of carboxylic acids is 2. The van der Waals surface area contributed by atoms with Crippen LogP contribution < -0.4 is 0 Å². The van der Waals surface area contributed by atoms with Gasteiger partial charge in [0.1, 0.15) is 13.2 Å². The molecule has 2 aromatic rings. The first-order chi connectivity index (χ1) is 13.8. The highest BCUT2D eigenvalue weighted by molar-refractivity contribution is 5.85. The minimum Gasteiger partial charge on any atom is -0.482 e. The van der Waals surface area contributed by atoms with Crippen molar-refractivity contribution in [2.75, 3.05) is 0 Å². The number of allylic oxidation sites excluding steroid dienone is 2. The van der Waals surface area contributed by atoms with Crippen LogP contribution in [0.2, 0.25) is 0 Å². The summed E-state index contributed by atoms with van der Waals surface area (Å²) in [6.07, 6.45) is 1.44. The summed E-state index contributed by atoms with van der Waals surface area (Å²) >= 11 is 0. The van der Waals surface area contributed by atoms with Crippen molar-refractivity contribution in [1.82, 2.24) is 0 Å². The molecule has 0 aromatic heterocycles. The molecule has 0 aliphatic heterocycles. The normalized spacial score (nSPS) is 10.2. The highest BCUT2D eigenvalue weighted by Gasteiger charge is 2.10. The van der Waals surface area contributed by atoms with Gasteiger partial charge in [-0.05, 0) is 43.5 Å². The summed E-state index contributed by atoms with van der Waals surface area (Å²) in [6, 6.07) is 18.9. The Kier molecular flexibility index (Phi) is 10.4. The Morgan fingerprint density at radius 3 is 1.59 bits per heavy atom. The minimum absolute atomic E-state index is 0.0196. The van der Waals surface area contributed by atoms with Crippen LogP contribution in [0.3, 0.4) is 0 Å². The van der Waals surface area contributed by atoms with E-state index in [9.17, 15) is 9.59 Å². The number of carboxylic acid groups (broad SMARTS) is 2. The van der Waals surface area contributed by atoms with E-state index in [0.717, 1.165) is 11.1 Å². The van der Waals surface area contributed by atoms with Crippen molar-refractivity contribution in [3.8, 4) is 0 Å². The van der Waals surface area contributed by atoms with E-state index in [4.69, 9.17) is 19.7 Å². The van der Waals surface area contributed by atoms with Gasteiger partial charge in [0.05, 0.1) is 0 Å². The molecular weight excluding hydrogens is 372 g/mol. The van der Waals surface area contributed by atoms with Gasteiger partial charge in [-0.3, -0.25) is 0 Å². The summed E-state index contributed by atoms with van der Waals surface area (Å²) in [5.74, 6) is -2.05. The number of hydrogen-bond donors (Lipinski definition) is 2. The number of carbonyl (C=O) groups is 2. The largest absolute Gasteiger partial charge is 0.482 e. The highest BCUT2D eigenvalue weighted by atomic mass is 16.5. The van der Waals surface area contributed by atoms with Crippen molar-refractivity contribution >= 4 is 11.9 Å². The quantitative estimate of drug-likeness (QED) is 0.491. The van der Waals surface area contributed by atoms with E-state index in [2.05, 4.69) is 0 Å². The lowest BCUT2D eigenvalue weighted by molar-refractivity contribution is -0.137. The predicted octanol–water partition coefficient (Wildman–Crippen LogP) is 4.77. The maximum absolute atomic E-state index is 10.8. The van der Waals surface area contributed by atoms with Crippen molar-refractivity contribution in [1.29, 1.82) is 0 Å². The van der Waals surface area contributed by atoms with Gasteiger partial charge in [-0.25, -0.2) is 9.59 Å². The molecule has 0 spiro atoms. The fourth-order valence-corrected chi connectivity index (χ4v) is 2.15. The van der Waals surface area contributed by atoms with E-state index in [1.54, 1.807) is 20.8 Å². The van der Waals surface area contributed by atoms with Gasteiger partial charge in [0, 0.05) is 0 Å². The molecule has 0 bridgehead atoms. The summed E-state index contributed by atoms with van der Waals surface area (Å²) in [4.78, 5) is 21.3. The van der Waals surface area contributed by atoms with Gasteiger partial charge >= 0.3 is 11.9 Å². The molecule has 0 unspecified atom stereocenters. The maximum Gasteiger partial charge on any atom is 0.371 e. The van der Waals surface area contributed by atoms with Crippen molar-refractivity contribution < 1.29 is 29.3 Å². The van der Waals surface area contributed by atoms with Gasteiger partial charge in [-0.15, -0.1) is 0 Å². The second-order valence-corrected chi connectivity index (χ2v) is 6.14. The third-order valence-corrected chi connectivity index (χ3v) is 3.58. The van der Waals surface area contributed by atoms with Gasteiger partial charge in [0.25, 0.3) is 0 Å². The van der Waals surface area contributed by atoms with E-state index in [1.807, 2.05) is 60.7 Å². The lowest BCUT2D eigenvalue weighted by Gasteiger charge is -2.08. The summed E-state index contributed by atoms with van der Waals surface area (Å²) in [5, 5.41) is 17.5. The third kappa shape index (κ3) is 9.28. The topological polar surface area (TPSA) is 93.1 Å². The zero-order chi connectivity index (χ0) is 21.6. The molecule has 0 aliphatic carbocycles. The fraction of sp³-hybridized carbons (Fsp3) is 0.217. The molecule has 6 heteroatoms. The Morgan fingerprint density at radius 1 is 0.793 bits per heavy atom. The molecule has 0 heterocycles. The Morgan fingerprint density at radius 2 is 1.24 bits per heavy atom. The number of ether oxygens (including phenoxy) is 2. The molecule has 2 rings (SSSR count). The average molecular weight is 398 g/mol. The van der Waals surface area contributed by atoms with Crippen LogP contribution in [0.4, 0.5) is 0 Å². The van der Waals surface area contributed by atoms with Gasteiger partial charge in [-0.1, -0.05) is 60.7 Å². The Bertz CT molecular complexity index is 834. The minimum atomic E-state index is -1.04. The summed E-state index contributed by atoms with van der Waals surface area (Å²) in [6.45, 7) is 5.64. The van der Waals surface area contributed by atoms with Crippen molar-refractivity contribution in [2.45, 2.75) is 34.0 Å². The first-order valence-electron chi connectivity index (χ1n) is 8.99. The van der Waals surface area contributed by atoms with Gasteiger partial charge in [-0.2, -0.15) is 0 Å². The van der Waals surface area contributed by atoms with Crippen molar-refractivity contribution in [3.63, 3.8) is 0 Å². The predicted molar refractivity (Wildman–Crippen MR) is 110 cm³/mol. The molecule has 0 saturated heterocycles. The molecule has 2 aromatic carbocycles. The molecule has 0 radical (unpaired) electrons. The van der Waals surface area contributed by atoms with E-state index >= 15 is 0 Å². The van der Waals surface area contributed by atoms with Crippen LogP contribution in [-0.2, 0) is 32.3 Å². The Labute approximate surface area is 170 Å². The standard InChI is InChI=1S/C12H14O3.C11H12O3/c1-9(2)11(12(13)14)15-8-10-6-4-3-5-7-10;1-2-10(11(12)13)14-8-9-6-4-3-5-7-9/h3-7H,8H2,1-2H3,(H,13,14);2-7H,8H2,1H3,(H,12,13)/b;10-2-. The summed E-state index contributed by atoms with van der Waals surface area (Å²) in [5.41, 5.74) is 2.57. The smallest absolute Gasteiger partial charge is 0.371 e. The molecule has 29 heavy (non-hydrogen) atoms. The zero-order valence-corrected chi connectivity index (χ0v) is 16.8.